The zero-order chi connectivity index (χ0) is 15.5. The lowest BCUT2D eigenvalue weighted by molar-refractivity contribution is 0.104. The Bertz CT molecular complexity index is 848. The van der Waals surface area contributed by atoms with Crippen molar-refractivity contribution in [2.45, 2.75) is 0 Å². The summed E-state index contributed by atoms with van der Waals surface area (Å²) in [6.45, 7) is 0. The highest BCUT2D eigenvalue weighted by atomic mass is 16.5. The monoisotopic (exact) mass is 292 g/mol. The van der Waals surface area contributed by atoms with Crippen LogP contribution < -0.4 is 5.48 Å². The Morgan fingerprint density at radius 1 is 1.09 bits per heavy atom. The molecule has 0 bridgehead atoms. The number of aryl methyl sites for hydroxylation is 1. The summed E-state index contributed by atoms with van der Waals surface area (Å²) >= 11 is 0. The van der Waals surface area contributed by atoms with Crippen LogP contribution >= 0.6 is 0 Å². The number of nitrogens with one attached hydrogen (secondary N) is 1. The minimum Gasteiger partial charge on any atom is -0.350 e. The lowest BCUT2D eigenvalue weighted by atomic mass is 10.1. The summed E-state index contributed by atoms with van der Waals surface area (Å²) in [6.07, 6.45) is 3.30. The van der Waals surface area contributed by atoms with Crippen molar-refractivity contribution in [1.82, 2.24) is 10.0 Å². The van der Waals surface area contributed by atoms with Gasteiger partial charge in [0.15, 0.2) is 5.78 Å². The van der Waals surface area contributed by atoms with Gasteiger partial charge in [-0.3, -0.25) is 15.5 Å². The number of benzene rings is 2. The number of aromatic nitrogens is 1. The predicted molar refractivity (Wildman–Crippen MR) is 86.6 cm³/mol. The number of fused-ring (bicyclic) bond motifs is 1. The summed E-state index contributed by atoms with van der Waals surface area (Å²) in [5.41, 5.74) is 4.93. The highest BCUT2D eigenvalue weighted by Gasteiger charge is 2.12. The summed E-state index contributed by atoms with van der Waals surface area (Å²) < 4.78 is 1.96. The van der Waals surface area contributed by atoms with Crippen molar-refractivity contribution in [3.05, 3.63) is 78.0 Å². The first-order valence-electron chi connectivity index (χ1n) is 6.96. The van der Waals surface area contributed by atoms with Crippen LogP contribution in [0.1, 0.15) is 15.9 Å². The fourth-order valence-electron chi connectivity index (χ4n) is 2.54. The number of hydrogen-bond donors (Lipinski definition) is 2. The van der Waals surface area contributed by atoms with E-state index in [-0.39, 0.29) is 5.78 Å². The molecular formula is C18H16N2O2. The molecule has 0 saturated carbocycles. The van der Waals surface area contributed by atoms with Gasteiger partial charge in [0.1, 0.15) is 0 Å². The number of allylic oxidation sites excluding steroid dienone is 1. The van der Waals surface area contributed by atoms with E-state index in [0.717, 1.165) is 16.5 Å². The Kier molecular flexibility index (Phi) is 3.76. The SMILES string of the molecule is Cn1cc(/C(=C/C(=O)c2ccccc2)NO)c2ccccc21. The topological polar surface area (TPSA) is 54.3 Å². The van der Waals surface area contributed by atoms with Crippen LogP contribution in [0.4, 0.5) is 0 Å². The maximum Gasteiger partial charge on any atom is 0.187 e. The van der Waals surface area contributed by atoms with Crippen molar-refractivity contribution in [2.24, 2.45) is 7.05 Å². The number of hydrogen-bond acceptors (Lipinski definition) is 3. The summed E-state index contributed by atoms with van der Waals surface area (Å²) in [4.78, 5) is 12.3. The molecule has 1 heterocycles. The highest BCUT2D eigenvalue weighted by Crippen LogP contribution is 2.25. The van der Waals surface area contributed by atoms with Gasteiger partial charge in [0.05, 0.1) is 5.70 Å². The summed E-state index contributed by atoms with van der Waals surface area (Å²) in [6, 6.07) is 16.8. The largest absolute Gasteiger partial charge is 0.350 e. The molecular weight excluding hydrogens is 276 g/mol. The molecule has 0 radical (unpaired) electrons. The van der Waals surface area contributed by atoms with Crippen molar-refractivity contribution in [3.8, 4) is 0 Å². The molecule has 3 aromatic rings. The number of para-hydroxylation sites is 1. The molecule has 0 spiro atoms. The van der Waals surface area contributed by atoms with Crippen molar-refractivity contribution in [2.75, 3.05) is 0 Å². The van der Waals surface area contributed by atoms with E-state index in [1.54, 1.807) is 12.1 Å². The summed E-state index contributed by atoms with van der Waals surface area (Å²) in [7, 11) is 1.93. The number of ketones is 1. The average Bonchev–Trinajstić information content (AvgIpc) is 2.90. The molecule has 0 amide bonds. The van der Waals surface area contributed by atoms with Crippen LogP contribution in [0.25, 0.3) is 16.6 Å². The van der Waals surface area contributed by atoms with Crippen LogP contribution in [0.2, 0.25) is 0 Å². The normalized spacial score (nSPS) is 11.6. The van der Waals surface area contributed by atoms with Crippen LogP contribution in [0, 0.1) is 0 Å². The van der Waals surface area contributed by atoms with Gasteiger partial charge in [-0.05, 0) is 6.07 Å². The molecule has 0 aliphatic carbocycles. The lowest BCUT2D eigenvalue weighted by Gasteiger charge is -2.04. The number of hydroxylamine groups is 1. The van der Waals surface area contributed by atoms with E-state index in [0.29, 0.717) is 11.3 Å². The minimum absolute atomic E-state index is 0.162. The molecule has 0 aliphatic heterocycles. The third kappa shape index (κ3) is 2.52. The van der Waals surface area contributed by atoms with Crippen molar-refractivity contribution >= 4 is 22.4 Å². The predicted octanol–water partition coefficient (Wildman–Crippen LogP) is 3.38. The molecule has 22 heavy (non-hydrogen) atoms. The van der Waals surface area contributed by atoms with Gasteiger partial charge in [-0.1, -0.05) is 48.5 Å². The third-order valence-corrected chi connectivity index (χ3v) is 3.64. The maximum absolute atomic E-state index is 12.3. The number of rotatable bonds is 4. The second-order valence-electron chi connectivity index (χ2n) is 5.07. The van der Waals surface area contributed by atoms with Crippen LogP contribution in [0.5, 0.6) is 0 Å². The molecule has 2 N–H and O–H groups in total. The van der Waals surface area contributed by atoms with Gasteiger partial charge in [0.2, 0.25) is 0 Å². The fourth-order valence-corrected chi connectivity index (χ4v) is 2.54. The smallest absolute Gasteiger partial charge is 0.187 e. The first-order chi connectivity index (χ1) is 10.7. The second-order valence-corrected chi connectivity index (χ2v) is 5.07. The molecule has 2 aromatic carbocycles. The molecule has 0 unspecified atom stereocenters. The Hall–Kier alpha value is -2.85. The molecule has 3 rings (SSSR count). The standard InChI is InChI=1S/C18H16N2O2/c1-20-12-15(14-9-5-6-10-17(14)20)16(19-22)11-18(21)13-7-3-2-4-8-13/h2-12,19,22H,1H3/b16-11-. The van der Waals surface area contributed by atoms with Crippen LogP contribution in [-0.4, -0.2) is 15.6 Å². The molecule has 0 fully saturated rings. The van der Waals surface area contributed by atoms with Gasteiger partial charge in [-0.25, -0.2) is 0 Å². The van der Waals surface area contributed by atoms with E-state index in [4.69, 9.17) is 0 Å². The van der Waals surface area contributed by atoms with E-state index in [2.05, 4.69) is 5.48 Å². The van der Waals surface area contributed by atoms with E-state index in [1.807, 2.05) is 60.3 Å². The van der Waals surface area contributed by atoms with Gasteiger partial charge in [-0.15, -0.1) is 0 Å². The van der Waals surface area contributed by atoms with Gasteiger partial charge < -0.3 is 4.57 Å². The second kappa shape index (κ2) is 5.87. The van der Waals surface area contributed by atoms with Crippen molar-refractivity contribution < 1.29 is 10.0 Å². The lowest BCUT2D eigenvalue weighted by Crippen LogP contribution is -2.08. The molecule has 4 heteroatoms. The summed E-state index contributed by atoms with van der Waals surface area (Å²) in [5, 5.41) is 10.4. The van der Waals surface area contributed by atoms with Gasteiger partial charge in [0.25, 0.3) is 0 Å². The molecule has 110 valence electrons. The van der Waals surface area contributed by atoms with Gasteiger partial charge in [-0.2, -0.15) is 0 Å². The molecule has 4 nitrogen and oxygen atoms in total. The Morgan fingerprint density at radius 3 is 2.50 bits per heavy atom. The number of carbonyl (C=O) groups excluding carboxylic acids is 1. The first kappa shape index (κ1) is 14.1. The molecule has 0 aliphatic rings. The van der Waals surface area contributed by atoms with E-state index in [1.165, 1.54) is 6.08 Å². The Morgan fingerprint density at radius 2 is 1.77 bits per heavy atom. The average molecular weight is 292 g/mol. The Balaban J connectivity index is 2.07. The van der Waals surface area contributed by atoms with Gasteiger partial charge in [0, 0.05) is 41.4 Å². The zero-order valence-corrected chi connectivity index (χ0v) is 12.2. The Labute approximate surface area is 128 Å². The molecule has 0 atom stereocenters. The maximum atomic E-state index is 12.3. The van der Waals surface area contributed by atoms with Crippen molar-refractivity contribution in [3.63, 3.8) is 0 Å². The van der Waals surface area contributed by atoms with Gasteiger partial charge >= 0.3 is 0 Å². The molecule has 1 aromatic heterocycles. The van der Waals surface area contributed by atoms with Crippen LogP contribution in [0.15, 0.2) is 66.9 Å². The van der Waals surface area contributed by atoms with Crippen molar-refractivity contribution in [1.29, 1.82) is 0 Å². The van der Waals surface area contributed by atoms with E-state index >= 15 is 0 Å². The highest BCUT2D eigenvalue weighted by molar-refractivity contribution is 6.09. The first-order valence-corrected chi connectivity index (χ1v) is 6.96. The minimum atomic E-state index is -0.162. The number of nitrogens with zero attached hydrogens (tertiary/aromatic N) is 1. The van der Waals surface area contributed by atoms with E-state index < -0.39 is 0 Å². The van der Waals surface area contributed by atoms with E-state index in [9.17, 15) is 10.0 Å². The quantitative estimate of drug-likeness (QED) is 0.440. The summed E-state index contributed by atoms with van der Waals surface area (Å²) in [5.74, 6) is -0.162. The van der Waals surface area contributed by atoms with Crippen LogP contribution in [0.3, 0.4) is 0 Å². The zero-order valence-electron chi connectivity index (χ0n) is 12.2. The third-order valence-electron chi connectivity index (χ3n) is 3.64. The molecule has 0 saturated heterocycles. The van der Waals surface area contributed by atoms with Crippen LogP contribution in [-0.2, 0) is 7.05 Å². The fraction of sp³-hybridized carbons (Fsp3) is 0.0556. The number of carbonyl (C=O) groups is 1.